The summed E-state index contributed by atoms with van der Waals surface area (Å²) in [4.78, 5) is 17.4. The van der Waals surface area contributed by atoms with E-state index < -0.39 is 0 Å². The first-order valence-corrected chi connectivity index (χ1v) is 8.92. The molecule has 0 aromatic carbocycles. The highest BCUT2D eigenvalue weighted by atomic mass is 32.1. The Morgan fingerprint density at radius 3 is 2.76 bits per heavy atom. The van der Waals surface area contributed by atoms with Crippen LogP contribution in [0.25, 0.3) is 0 Å². The molecule has 1 amide bonds. The Labute approximate surface area is 130 Å². The number of nitrogens with zero attached hydrogens (tertiary/aromatic N) is 2. The zero-order valence-corrected chi connectivity index (χ0v) is 13.3. The topological polar surface area (TPSA) is 32.8 Å². The molecule has 2 fully saturated rings. The fourth-order valence-electron chi connectivity index (χ4n) is 3.25. The maximum Gasteiger partial charge on any atom is 0.254 e. The molecule has 5 heteroatoms. The van der Waals surface area contributed by atoms with E-state index in [-0.39, 0.29) is 5.91 Å². The van der Waals surface area contributed by atoms with Crippen molar-refractivity contribution < 1.29 is 9.53 Å². The number of amides is 1. The van der Waals surface area contributed by atoms with Gasteiger partial charge in [-0.15, -0.1) is 0 Å². The van der Waals surface area contributed by atoms with Gasteiger partial charge in [0.05, 0.1) is 5.56 Å². The first-order chi connectivity index (χ1) is 10.3. The minimum absolute atomic E-state index is 0.197. The molecule has 3 rings (SSSR count). The third-order valence-corrected chi connectivity index (χ3v) is 5.20. The van der Waals surface area contributed by atoms with Gasteiger partial charge in [0, 0.05) is 37.7 Å². The van der Waals surface area contributed by atoms with Crippen LogP contribution in [0.2, 0.25) is 0 Å². The summed E-state index contributed by atoms with van der Waals surface area (Å²) in [6, 6.07) is 2.28. The quantitative estimate of drug-likeness (QED) is 0.838. The molecule has 0 atom stereocenters. The highest BCUT2D eigenvalue weighted by Crippen LogP contribution is 2.19. The average molecular weight is 308 g/mol. The molecular formula is C16H24N2O2S. The van der Waals surface area contributed by atoms with Gasteiger partial charge in [0.25, 0.3) is 5.91 Å². The lowest BCUT2D eigenvalue weighted by Gasteiger charge is -2.35. The number of hydrogen-bond donors (Lipinski definition) is 0. The third-order valence-electron chi connectivity index (χ3n) is 4.52. The first kappa shape index (κ1) is 15.0. The molecule has 1 aromatic heterocycles. The Hall–Kier alpha value is -0.910. The van der Waals surface area contributed by atoms with Crippen molar-refractivity contribution in [2.75, 3.05) is 39.4 Å². The normalized spacial score (nSPS) is 20.8. The summed E-state index contributed by atoms with van der Waals surface area (Å²) in [5.74, 6) is 0.197. The van der Waals surface area contributed by atoms with E-state index in [0.717, 1.165) is 44.7 Å². The number of hydrogen-bond acceptors (Lipinski definition) is 4. The summed E-state index contributed by atoms with van der Waals surface area (Å²) in [5.41, 5.74) is 0.841. The Morgan fingerprint density at radius 1 is 1.33 bits per heavy atom. The summed E-state index contributed by atoms with van der Waals surface area (Å²) in [7, 11) is 0. The number of ether oxygens (including phenoxy) is 1. The first-order valence-electron chi connectivity index (χ1n) is 7.98. The fourth-order valence-corrected chi connectivity index (χ4v) is 3.88. The lowest BCUT2D eigenvalue weighted by Crippen LogP contribution is -2.46. The van der Waals surface area contributed by atoms with Crippen molar-refractivity contribution in [3.63, 3.8) is 0 Å². The van der Waals surface area contributed by atoms with Crippen molar-refractivity contribution in [2.24, 2.45) is 0 Å². The second-order valence-corrected chi connectivity index (χ2v) is 6.68. The van der Waals surface area contributed by atoms with Crippen molar-refractivity contribution >= 4 is 17.2 Å². The van der Waals surface area contributed by atoms with E-state index in [1.54, 1.807) is 11.3 Å². The van der Waals surface area contributed by atoms with Gasteiger partial charge >= 0.3 is 0 Å². The van der Waals surface area contributed by atoms with Gasteiger partial charge in [0.2, 0.25) is 0 Å². The molecule has 4 nitrogen and oxygen atoms in total. The molecule has 2 aliphatic heterocycles. The van der Waals surface area contributed by atoms with Crippen molar-refractivity contribution in [2.45, 2.75) is 31.7 Å². The minimum Gasteiger partial charge on any atom is -0.381 e. The fraction of sp³-hybridized carbons (Fsp3) is 0.688. The van der Waals surface area contributed by atoms with Crippen molar-refractivity contribution in [3.05, 3.63) is 22.4 Å². The van der Waals surface area contributed by atoms with Crippen molar-refractivity contribution in [1.82, 2.24) is 9.80 Å². The maximum absolute atomic E-state index is 12.8. The molecule has 2 aliphatic rings. The standard InChI is InChI=1S/C16H24N2O2S/c19-16(14-5-12-21-13-14)18(15-3-10-20-11-4-15)9-8-17-6-1-2-7-17/h5,12-13,15H,1-4,6-11H2. The van der Waals surface area contributed by atoms with E-state index in [9.17, 15) is 4.79 Å². The second kappa shape index (κ2) is 7.38. The molecule has 0 N–H and O–H groups in total. The lowest BCUT2D eigenvalue weighted by atomic mass is 10.1. The molecule has 116 valence electrons. The Kier molecular flexibility index (Phi) is 5.27. The van der Waals surface area contributed by atoms with Crippen LogP contribution in [-0.2, 0) is 4.74 Å². The molecule has 0 bridgehead atoms. The van der Waals surface area contributed by atoms with Gasteiger partial charge in [0.1, 0.15) is 0 Å². The van der Waals surface area contributed by atoms with E-state index in [1.165, 1.54) is 25.9 Å². The van der Waals surface area contributed by atoms with Crippen LogP contribution in [0.5, 0.6) is 0 Å². The second-order valence-electron chi connectivity index (χ2n) is 5.90. The van der Waals surface area contributed by atoms with E-state index >= 15 is 0 Å². The predicted molar refractivity (Wildman–Crippen MR) is 84.9 cm³/mol. The minimum atomic E-state index is 0.197. The molecule has 0 aliphatic carbocycles. The molecule has 1 aromatic rings. The molecule has 3 heterocycles. The number of carbonyl (C=O) groups excluding carboxylic acids is 1. The van der Waals surface area contributed by atoms with Crippen LogP contribution in [0.4, 0.5) is 0 Å². The predicted octanol–water partition coefficient (Wildman–Crippen LogP) is 2.47. The van der Waals surface area contributed by atoms with E-state index in [2.05, 4.69) is 9.80 Å². The van der Waals surface area contributed by atoms with Gasteiger partial charge in [-0.2, -0.15) is 11.3 Å². The average Bonchev–Trinajstić information content (AvgIpc) is 3.22. The molecule has 0 spiro atoms. The van der Waals surface area contributed by atoms with Crippen LogP contribution in [0.15, 0.2) is 16.8 Å². The van der Waals surface area contributed by atoms with Crippen LogP contribution in [0.1, 0.15) is 36.0 Å². The van der Waals surface area contributed by atoms with Crippen LogP contribution < -0.4 is 0 Å². The van der Waals surface area contributed by atoms with Crippen LogP contribution >= 0.6 is 11.3 Å². The van der Waals surface area contributed by atoms with Gasteiger partial charge in [0.15, 0.2) is 0 Å². The zero-order valence-electron chi connectivity index (χ0n) is 12.5. The SMILES string of the molecule is O=C(c1ccsc1)N(CCN1CCCC1)C1CCOCC1. The Balaban J connectivity index is 1.65. The lowest BCUT2D eigenvalue weighted by molar-refractivity contribution is 0.0270. The highest BCUT2D eigenvalue weighted by Gasteiger charge is 2.27. The largest absolute Gasteiger partial charge is 0.381 e. The van der Waals surface area contributed by atoms with Gasteiger partial charge in [-0.25, -0.2) is 0 Å². The smallest absolute Gasteiger partial charge is 0.254 e. The molecule has 21 heavy (non-hydrogen) atoms. The van der Waals surface area contributed by atoms with Crippen LogP contribution in [0, 0.1) is 0 Å². The number of likely N-dealkylation sites (tertiary alicyclic amines) is 1. The van der Waals surface area contributed by atoms with E-state index in [4.69, 9.17) is 4.74 Å². The molecule has 0 unspecified atom stereocenters. The zero-order chi connectivity index (χ0) is 14.5. The molecule has 0 radical (unpaired) electrons. The number of carbonyl (C=O) groups is 1. The number of thiophene rings is 1. The number of rotatable bonds is 5. The van der Waals surface area contributed by atoms with Gasteiger partial charge in [-0.1, -0.05) is 0 Å². The molecule has 0 saturated carbocycles. The van der Waals surface area contributed by atoms with Gasteiger partial charge in [-0.05, 0) is 50.2 Å². The highest BCUT2D eigenvalue weighted by molar-refractivity contribution is 7.08. The third kappa shape index (κ3) is 3.84. The van der Waals surface area contributed by atoms with Gasteiger partial charge in [-0.3, -0.25) is 4.79 Å². The van der Waals surface area contributed by atoms with E-state index in [1.807, 2.05) is 16.8 Å². The molecule has 2 saturated heterocycles. The summed E-state index contributed by atoms with van der Waals surface area (Å²) in [6.45, 7) is 5.79. The maximum atomic E-state index is 12.8. The summed E-state index contributed by atoms with van der Waals surface area (Å²) < 4.78 is 5.45. The molecular weight excluding hydrogens is 284 g/mol. The summed E-state index contributed by atoms with van der Waals surface area (Å²) >= 11 is 1.59. The summed E-state index contributed by atoms with van der Waals surface area (Å²) in [5, 5.41) is 3.94. The Bertz CT molecular complexity index is 437. The Morgan fingerprint density at radius 2 is 2.10 bits per heavy atom. The van der Waals surface area contributed by atoms with Gasteiger partial charge < -0.3 is 14.5 Å². The van der Waals surface area contributed by atoms with Crippen LogP contribution in [0.3, 0.4) is 0 Å². The van der Waals surface area contributed by atoms with Crippen molar-refractivity contribution in [3.8, 4) is 0 Å². The monoisotopic (exact) mass is 308 g/mol. The summed E-state index contributed by atoms with van der Waals surface area (Å²) in [6.07, 6.45) is 4.54. The van der Waals surface area contributed by atoms with Crippen molar-refractivity contribution in [1.29, 1.82) is 0 Å². The van der Waals surface area contributed by atoms with E-state index in [0.29, 0.717) is 6.04 Å². The van der Waals surface area contributed by atoms with Crippen LogP contribution in [-0.4, -0.2) is 61.1 Å².